The van der Waals surface area contributed by atoms with Gasteiger partial charge >= 0.3 is 11.9 Å². The third kappa shape index (κ3) is 3.11. The number of fused-ring (bicyclic) bond motifs is 1. The standard InChI is InChI=1S/C18H23O4/c1-12-5-7-14-10-18(16(19)21-3,17(20)22-4)11-15(14)8-6-13(2)9-12/h7-9H,5-6,10-11H2,1-4H3/b14-7-,15-8-. The van der Waals surface area contributed by atoms with Crippen LogP contribution >= 0.6 is 0 Å². The monoisotopic (exact) mass is 303 g/mol. The van der Waals surface area contributed by atoms with E-state index in [0.717, 1.165) is 24.0 Å². The Morgan fingerprint density at radius 3 is 1.68 bits per heavy atom. The van der Waals surface area contributed by atoms with Crippen LogP contribution in [0.5, 0.6) is 0 Å². The molecule has 2 aliphatic rings. The van der Waals surface area contributed by atoms with E-state index in [-0.39, 0.29) is 0 Å². The van der Waals surface area contributed by atoms with Gasteiger partial charge in [-0.1, -0.05) is 26.0 Å². The van der Waals surface area contributed by atoms with E-state index in [2.05, 4.69) is 32.4 Å². The van der Waals surface area contributed by atoms with Gasteiger partial charge in [-0.2, -0.15) is 0 Å². The van der Waals surface area contributed by atoms with E-state index >= 15 is 0 Å². The fourth-order valence-electron chi connectivity index (χ4n) is 3.22. The van der Waals surface area contributed by atoms with Crippen molar-refractivity contribution >= 4 is 11.9 Å². The molecule has 0 aromatic rings. The zero-order chi connectivity index (χ0) is 16.3. The van der Waals surface area contributed by atoms with Gasteiger partial charge in [0.1, 0.15) is 0 Å². The molecule has 0 heterocycles. The number of esters is 2. The van der Waals surface area contributed by atoms with Crippen molar-refractivity contribution in [2.45, 2.75) is 39.5 Å². The molecule has 0 aliphatic heterocycles. The molecular formula is C18H23O4. The van der Waals surface area contributed by atoms with Gasteiger partial charge in [-0.3, -0.25) is 9.59 Å². The van der Waals surface area contributed by atoms with Crippen molar-refractivity contribution in [2.24, 2.45) is 5.41 Å². The largest absolute Gasteiger partial charge is 0.468 e. The summed E-state index contributed by atoms with van der Waals surface area (Å²) in [5, 5.41) is 0. The molecule has 0 N–H and O–H groups in total. The summed E-state index contributed by atoms with van der Waals surface area (Å²) in [4.78, 5) is 24.5. The van der Waals surface area contributed by atoms with E-state index in [0.29, 0.717) is 12.8 Å². The van der Waals surface area contributed by atoms with Crippen LogP contribution in [0.25, 0.3) is 0 Å². The first-order valence-electron chi connectivity index (χ1n) is 7.48. The molecule has 0 atom stereocenters. The highest BCUT2D eigenvalue weighted by molar-refractivity contribution is 6.02. The molecular weight excluding hydrogens is 280 g/mol. The Morgan fingerprint density at radius 1 is 0.909 bits per heavy atom. The van der Waals surface area contributed by atoms with Gasteiger partial charge in [0.15, 0.2) is 5.41 Å². The Morgan fingerprint density at radius 2 is 1.32 bits per heavy atom. The average molecular weight is 303 g/mol. The topological polar surface area (TPSA) is 52.6 Å². The number of methoxy groups -OCH3 is 2. The fourth-order valence-corrected chi connectivity index (χ4v) is 3.22. The summed E-state index contributed by atoms with van der Waals surface area (Å²) >= 11 is 0. The SMILES string of the molecule is COC(=O)C1(C(=O)OC)CC2=C/C[C](C)[CH][C](C)C/C=C\2C1. The van der Waals surface area contributed by atoms with Crippen molar-refractivity contribution in [1.82, 2.24) is 0 Å². The number of carbonyl (C=O) groups is 2. The molecule has 0 amide bonds. The number of ether oxygens (including phenoxy) is 2. The van der Waals surface area contributed by atoms with Crippen LogP contribution in [0, 0.1) is 23.7 Å². The van der Waals surface area contributed by atoms with E-state index in [9.17, 15) is 9.59 Å². The lowest BCUT2D eigenvalue weighted by Gasteiger charge is -2.22. The smallest absolute Gasteiger partial charge is 0.323 e. The van der Waals surface area contributed by atoms with Crippen LogP contribution in [-0.2, 0) is 19.1 Å². The van der Waals surface area contributed by atoms with Gasteiger partial charge in [0, 0.05) is 0 Å². The molecule has 2 rings (SSSR count). The van der Waals surface area contributed by atoms with Crippen molar-refractivity contribution in [3.63, 3.8) is 0 Å². The molecule has 2 aliphatic carbocycles. The zero-order valence-electron chi connectivity index (χ0n) is 13.7. The second kappa shape index (κ2) is 6.67. The van der Waals surface area contributed by atoms with Crippen molar-refractivity contribution in [3.05, 3.63) is 41.6 Å². The molecule has 0 aromatic carbocycles. The van der Waals surface area contributed by atoms with E-state index in [1.54, 1.807) is 0 Å². The first-order valence-corrected chi connectivity index (χ1v) is 7.48. The predicted octanol–water partition coefficient (Wildman–Crippen LogP) is 3.15. The molecule has 0 unspecified atom stereocenters. The number of allylic oxidation sites excluding steroid dienone is 4. The normalized spacial score (nSPS) is 27.3. The first kappa shape index (κ1) is 16.8. The molecule has 1 saturated carbocycles. The summed E-state index contributed by atoms with van der Waals surface area (Å²) in [6, 6.07) is 0. The highest BCUT2D eigenvalue weighted by Crippen LogP contribution is 2.48. The molecule has 0 bridgehead atoms. The molecule has 3 radical (unpaired) electrons. The van der Waals surface area contributed by atoms with Crippen LogP contribution in [0.3, 0.4) is 0 Å². The van der Waals surface area contributed by atoms with Gasteiger partial charge in [-0.15, -0.1) is 0 Å². The average Bonchev–Trinajstić information content (AvgIpc) is 2.90. The zero-order valence-corrected chi connectivity index (χ0v) is 13.7. The summed E-state index contributed by atoms with van der Waals surface area (Å²) in [5.41, 5.74) is 0.878. The molecule has 4 nitrogen and oxygen atoms in total. The van der Waals surface area contributed by atoms with Gasteiger partial charge in [-0.25, -0.2) is 0 Å². The quantitative estimate of drug-likeness (QED) is 0.581. The maximum Gasteiger partial charge on any atom is 0.323 e. The summed E-state index contributed by atoms with van der Waals surface area (Å²) in [5.74, 6) is 1.51. The Labute approximate surface area is 132 Å². The molecule has 22 heavy (non-hydrogen) atoms. The summed E-state index contributed by atoms with van der Waals surface area (Å²) in [7, 11) is 2.62. The van der Waals surface area contributed by atoms with Gasteiger partial charge < -0.3 is 9.47 Å². The van der Waals surface area contributed by atoms with Gasteiger partial charge in [-0.05, 0) is 55.1 Å². The predicted molar refractivity (Wildman–Crippen MR) is 83.2 cm³/mol. The van der Waals surface area contributed by atoms with Crippen molar-refractivity contribution in [3.8, 4) is 0 Å². The van der Waals surface area contributed by atoms with Crippen LogP contribution in [0.2, 0.25) is 0 Å². The highest BCUT2D eigenvalue weighted by atomic mass is 16.5. The molecule has 0 saturated heterocycles. The number of hydrogen-bond acceptors (Lipinski definition) is 4. The van der Waals surface area contributed by atoms with Crippen molar-refractivity contribution < 1.29 is 19.1 Å². The van der Waals surface area contributed by atoms with E-state index in [1.807, 2.05) is 0 Å². The third-order valence-electron chi connectivity index (χ3n) is 4.38. The Hall–Kier alpha value is -1.58. The van der Waals surface area contributed by atoms with E-state index < -0.39 is 17.4 Å². The highest BCUT2D eigenvalue weighted by Gasteiger charge is 2.53. The summed E-state index contributed by atoms with van der Waals surface area (Å²) in [6.45, 7) is 4.18. The van der Waals surface area contributed by atoms with Crippen LogP contribution in [0.1, 0.15) is 39.5 Å². The molecule has 4 heteroatoms. The van der Waals surface area contributed by atoms with E-state index in [1.165, 1.54) is 26.1 Å². The van der Waals surface area contributed by atoms with Crippen molar-refractivity contribution in [2.75, 3.05) is 14.2 Å². The van der Waals surface area contributed by atoms with Gasteiger partial charge in [0.25, 0.3) is 0 Å². The maximum atomic E-state index is 12.3. The molecule has 0 aromatic heterocycles. The minimum absolute atomic E-state index is 0.352. The first-order chi connectivity index (χ1) is 10.4. The minimum Gasteiger partial charge on any atom is -0.468 e. The van der Waals surface area contributed by atoms with Gasteiger partial charge in [0.05, 0.1) is 14.2 Å². The lowest BCUT2D eigenvalue weighted by Crippen LogP contribution is -2.38. The third-order valence-corrected chi connectivity index (χ3v) is 4.38. The minimum atomic E-state index is -1.23. The second-order valence-corrected chi connectivity index (χ2v) is 6.12. The molecule has 119 valence electrons. The van der Waals surface area contributed by atoms with Crippen LogP contribution in [-0.4, -0.2) is 26.2 Å². The van der Waals surface area contributed by atoms with Gasteiger partial charge in [0.2, 0.25) is 0 Å². The number of carbonyl (C=O) groups excluding carboxylic acids is 2. The number of hydrogen-bond donors (Lipinski definition) is 0. The fraction of sp³-hybridized carbons (Fsp3) is 0.500. The van der Waals surface area contributed by atoms with Crippen LogP contribution in [0.4, 0.5) is 0 Å². The van der Waals surface area contributed by atoms with Crippen LogP contribution < -0.4 is 0 Å². The maximum absolute atomic E-state index is 12.3. The Balaban J connectivity index is 2.38. The summed E-state index contributed by atoms with van der Waals surface area (Å²) < 4.78 is 9.77. The van der Waals surface area contributed by atoms with Crippen molar-refractivity contribution in [1.29, 1.82) is 0 Å². The number of rotatable bonds is 2. The lowest BCUT2D eigenvalue weighted by atomic mass is 9.85. The second-order valence-electron chi connectivity index (χ2n) is 6.12. The Kier molecular flexibility index (Phi) is 5.09. The molecule has 1 fully saturated rings. The molecule has 0 spiro atoms. The van der Waals surface area contributed by atoms with Crippen LogP contribution in [0.15, 0.2) is 23.3 Å². The van der Waals surface area contributed by atoms with E-state index in [4.69, 9.17) is 9.47 Å². The summed E-state index contributed by atoms with van der Waals surface area (Å²) in [6.07, 6.45) is 8.77. The lowest BCUT2D eigenvalue weighted by molar-refractivity contribution is -0.168. The Bertz CT molecular complexity index is 469.